The van der Waals surface area contributed by atoms with E-state index >= 15 is 0 Å². The Kier molecular flexibility index (Phi) is 4.20. The molecule has 2 aliphatic heterocycles. The fourth-order valence-electron chi connectivity index (χ4n) is 2.80. The monoisotopic (exact) mass is 243 g/mol. The Labute approximate surface area is 104 Å². The molecule has 0 aromatic heterocycles. The fraction of sp³-hybridized carbons (Fsp3) is 1.00. The number of ether oxygens (including phenoxy) is 1. The van der Waals surface area contributed by atoms with Crippen molar-refractivity contribution in [1.29, 1.82) is 0 Å². The van der Waals surface area contributed by atoms with E-state index in [1.807, 2.05) is 0 Å². The van der Waals surface area contributed by atoms with Gasteiger partial charge in [-0.05, 0) is 52.4 Å². The number of rotatable bonds is 2. The SMILES string of the molecule is CC(C)(C)SN1CCC[C@@H]1C1CCOCC1. The van der Waals surface area contributed by atoms with Crippen LogP contribution in [0.15, 0.2) is 0 Å². The quantitative estimate of drug-likeness (QED) is 0.690. The molecule has 0 aromatic rings. The molecule has 0 bridgehead atoms. The van der Waals surface area contributed by atoms with Crippen LogP contribution in [0.1, 0.15) is 46.5 Å². The summed E-state index contributed by atoms with van der Waals surface area (Å²) in [5, 5.41) is 0. The molecule has 3 heteroatoms. The predicted octanol–water partition coefficient (Wildman–Crippen LogP) is 3.32. The molecule has 0 N–H and O–H groups in total. The summed E-state index contributed by atoms with van der Waals surface area (Å²) in [6, 6.07) is 0.813. The lowest BCUT2D eigenvalue weighted by molar-refractivity contribution is 0.0486. The third-order valence-corrected chi connectivity index (χ3v) is 4.69. The van der Waals surface area contributed by atoms with E-state index in [1.54, 1.807) is 0 Å². The maximum Gasteiger partial charge on any atom is 0.0469 e. The molecule has 0 spiro atoms. The van der Waals surface area contributed by atoms with Crippen LogP contribution in [0.3, 0.4) is 0 Å². The normalized spacial score (nSPS) is 29.8. The molecule has 0 aromatic carbocycles. The maximum atomic E-state index is 5.47. The Balaban J connectivity index is 1.91. The molecule has 0 amide bonds. The average Bonchev–Trinajstić information content (AvgIpc) is 2.64. The van der Waals surface area contributed by atoms with Gasteiger partial charge in [0.05, 0.1) is 0 Å². The zero-order valence-corrected chi connectivity index (χ0v) is 11.7. The van der Waals surface area contributed by atoms with Gasteiger partial charge in [0.1, 0.15) is 0 Å². The smallest absolute Gasteiger partial charge is 0.0469 e. The highest BCUT2D eigenvalue weighted by molar-refractivity contribution is 7.98. The summed E-state index contributed by atoms with van der Waals surface area (Å²) in [4.78, 5) is 0. The van der Waals surface area contributed by atoms with Crippen molar-refractivity contribution in [1.82, 2.24) is 4.31 Å². The minimum absolute atomic E-state index is 0.355. The Bertz CT molecular complexity index is 220. The van der Waals surface area contributed by atoms with Gasteiger partial charge in [-0.25, -0.2) is 4.31 Å². The maximum absolute atomic E-state index is 5.47. The van der Waals surface area contributed by atoms with Crippen LogP contribution in [-0.2, 0) is 4.74 Å². The van der Waals surface area contributed by atoms with E-state index in [0.717, 1.165) is 25.2 Å². The van der Waals surface area contributed by atoms with E-state index in [-0.39, 0.29) is 0 Å². The lowest BCUT2D eigenvalue weighted by Crippen LogP contribution is -2.36. The van der Waals surface area contributed by atoms with Crippen molar-refractivity contribution in [2.45, 2.75) is 57.2 Å². The van der Waals surface area contributed by atoms with Crippen LogP contribution in [0, 0.1) is 5.92 Å². The van der Waals surface area contributed by atoms with Crippen molar-refractivity contribution < 1.29 is 4.74 Å². The van der Waals surface area contributed by atoms with Gasteiger partial charge in [-0.1, -0.05) is 11.9 Å². The second kappa shape index (κ2) is 5.28. The highest BCUT2D eigenvalue weighted by Crippen LogP contribution is 2.39. The molecule has 2 fully saturated rings. The molecule has 16 heavy (non-hydrogen) atoms. The van der Waals surface area contributed by atoms with Gasteiger partial charge in [0.2, 0.25) is 0 Å². The summed E-state index contributed by atoms with van der Waals surface area (Å²) < 4.78 is 8.49. The Morgan fingerprint density at radius 3 is 2.44 bits per heavy atom. The van der Waals surface area contributed by atoms with E-state index in [1.165, 1.54) is 32.2 Å². The van der Waals surface area contributed by atoms with Crippen LogP contribution in [0.25, 0.3) is 0 Å². The number of hydrogen-bond acceptors (Lipinski definition) is 3. The summed E-state index contributed by atoms with van der Waals surface area (Å²) in [6.45, 7) is 10.2. The van der Waals surface area contributed by atoms with Gasteiger partial charge in [0, 0.05) is 30.5 Å². The highest BCUT2D eigenvalue weighted by Gasteiger charge is 2.34. The third kappa shape index (κ3) is 3.38. The van der Waals surface area contributed by atoms with Crippen molar-refractivity contribution in [2.24, 2.45) is 5.92 Å². The van der Waals surface area contributed by atoms with Gasteiger partial charge in [-0.15, -0.1) is 0 Å². The molecule has 2 aliphatic rings. The molecule has 94 valence electrons. The lowest BCUT2D eigenvalue weighted by atomic mass is 9.91. The largest absolute Gasteiger partial charge is 0.381 e. The summed E-state index contributed by atoms with van der Waals surface area (Å²) in [7, 11) is 0. The summed E-state index contributed by atoms with van der Waals surface area (Å²) in [5.41, 5.74) is 0. The first-order chi connectivity index (χ1) is 7.56. The van der Waals surface area contributed by atoms with Crippen LogP contribution in [-0.4, -0.2) is 34.9 Å². The van der Waals surface area contributed by atoms with Crippen molar-refractivity contribution in [3.05, 3.63) is 0 Å². The van der Waals surface area contributed by atoms with Crippen LogP contribution >= 0.6 is 11.9 Å². The molecular formula is C13H25NOS. The Morgan fingerprint density at radius 2 is 1.81 bits per heavy atom. The van der Waals surface area contributed by atoms with Gasteiger partial charge < -0.3 is 4.74 Å². The zero-order chi connectivity index (χ0) is 11.6. The van der Waals surface area contributed by atoms with E-state index in [0.29, 0.717) is 4.75 Å². The Morgan fingerprint density at radius 1 is 1.12 bits per heavy atom. The van der Waals surface area contributed by atoms with Gasteiger partial charge in [0.15, 0.2) is 0 Å². The van der Waals surface area contributed by atoms with Gasteiger partial charge in [0.25, 0.3) is 0 Å². The highest BCUT2D eigenvalue weighted by atomic mass is 32.2. The minimum Gasteiger partial charge on any atom is -0.381 e. The topological polar surface area (TPSA) is 12.5 Å². The molecular weight excluding hydrogens is 218 g/mol. The standard InChI is InChI=1S/C13H25NOS/c1-13(2,3)16-14-8-4-5-12(14)11-6-9-15-10-7-11/h11-12H,4-10H2,1-3H3/t12-/m1/s1. The van der Waals surface area contributed by atoms with E-state index < -0.39 is 0 Å². The van der Waals surface area contributed by atoms with Crippen molar-refractivity contribution in [2.75, 3.05) is 19.8 Å². The van der Waals surface area contributed by atoms with Gasteiger partial charge in [-0.3, -0.25) is 0 Å². The summed E-state index contributed by atoms with van der Waals surface area (Å²) >= 11 is 2.06. The van der Waals surface area contributed by atoms with Gasteiger partial charge >= 0.3 is 0 Å². The minimum atomic E-state index is 0.355. The first-order valence-corrected chi connectivity index (χ1v) is 7.37. The first-order valence-electron chi connectivity index (χ1n) is 6.60. The second-order valence-electron chi connectivity index (χ2n) is 6.00. The molecule has 2 heterocycles. The van der Waals surface area contributed by atoms with E-state index in [4.69, 9.17) is 4.74 Å². The fourth-order valence-corrected chi connectivity index (χ4v) is 4.14. The Hall–Kier alpha value is 0.270. The molecule has 0 unspecified atom stereocenters. The average molecular weight is 243 g/mol. The number of hydrogen-bond donors (Lipinski definition) is 0. The van der Waals surface area contributed by atoms with Crippen molar-refractivity contribution >= 4 is 11.9 Å². The van der Waals surface area contributed by atoms with Crippen LogP contribution in [0.5, 0.6) is 0 Å². The summed E-state index contributed by atoms with van der Waals surface area (Å²) in [5.74, 6) is 0.881. The molecule has 2 saturated heterocycles. The van der Waals surface area contributed by atoms with Crippen LogP contribution in [0.4, 0.5) is 0 Å². The predicted molar refractivity (Wildman–Crippen MR) is 70.6 cm³/mol. The summed E-state index contributed by atoms with van der Waals surface area (Å²) in [6.07, 6.45) is 5.32. The first kappa shape index (κ1) is 12.7. The van der Waals surface area contributed by atoms with Crippen LogP contribution < -0.4 is 0 Å². The molecule has 0 aliphatic carbocycles. The molecule has 1 atom stereocenters. The lowest BCUT2D eigenvalue weighted by Gasteiger charge is -2.36. The molecule has 0 radical (unpaired) electrons. The number of nitrogens with zero attached hydrogens (tertiary/aromatic N) is 1. The van der Waals surface area contributed by atoms with E-state index in [2.05, 4.69) is 37.0 Å². The van der Waals surface area contributed by atoms with Gasteiger partial charge in [-0.2, -0.15) is 0 Å². The molecule has 2 rings (SSSR count). The zero-order valence-electron chi connectivity index (χ0n) is 10.9. The van der Waals surface area contributed by atoms with E-state index in [9.17, 15) is 0 Å². The van der Waals surface area contributed by atoms with Crippen molar-refractivity contribution in [3.8, 4) is 0 Å². The van der Waals surface area contributed by atoms with Crippen LogP contribution in [0.2, 0.25) is 0 Å². The molecule has 2 nitrogen and oxygen atoms in total. The third-order valence-electron chi connectivity index (χ3n) is 3.45. The van der Waals surface area contributed by atoms with Crippen molar-refractivity contribution in [3.63, 3.8) is 0 Å². The molecule has 0 saturated carbocycles. The second-order valence-corrected chi connectivity index (χ2v) is 7.88.